The van der Waals surface area contributed by atoms with E-state index in [1.807, 2.05) is 17.0 Å². The number of ether oxygens (including phenoxy) is 4. The molecule has 0 aliphatic carbocycles. The van der Waals surface area contributed by atoms with Crippen LogP contribution in [0.25, 0.3) is 38.7 Å². The molecular formula is C78H101N10O19+. The number of rotatable bonds is 22. The zero-order valence-electron chi connectivity index (χ0n) is 62.9. The molecule has 4 aliphatic rings. The molecule has 5 aromatic rings. The highest BCUT2D eigenvalue weighted by Gasteiger charge is 2.45. The molecule has 0 spiro atoms. The summed E-state index contributed by atoms with van der Waals surface area (Å²) in [5.74, 6) is -9.99. The van der Waals surface area contributed by atoms with E-state index in [0.717, 1.165) is 10.5 Å². The first-order chi connectivity index (χ1) is 50.5. The SMILES string of the molecule is CO[C@H]1C=CO[C@@]2(C)Oc3c(C)c(O)c4c(=O)c(c5oc6cc(N7CCC([N+](C)(C)Cc8ccc(NC(=O)[C@H](CCCNC(N)=O)NC(=O)[C@@H](NC(=O)CCCCCN9C(=O)C=CC9=O)C(C)C)cc8)CC7)cc(=O)c6nc5c4c3=C2O)NC(=O)/C(C)=C\C=C/[C@H](C)[C@H](O)[C@@H](C)[C@@H](O)[C@@H](C)[C@H](OC(C)=O)[C@@H]1C. The molecule has 4 bridgehead atoms. The highest BCUT2D eigenvalue weighted by molar-refractivity contribution is 6.17. The Morgan fingerprint density at radius 2 is 1.53 bits per heavy atom. The lowest BCUT2D eigenvalue weighted by atomic mass is 9.78. The lowest BCUT2D eigenvalue weighted by Gasteiger charge is -2.43. The van der Waals surface area contributed by atoms with Crippen LogP contribution in [0.4, 0.5) is 21.9 Å². The molecule has 0 radical (unpaired) electrons. The first kappa shape index (κ1) is 80.9. The number of primary amides is 1. The third-order valence-electron chi connectivity index (χ3n) is 21.1. The number of nitrogens with two attached hydrogens (primary N) is 1. The number of carbonyl (C=O) groups excluding carboxylic acids is 8. The second-order valence-electron chi connectivity index (χ2n) is 29.6. The van der Waals surface area contributed by atoms with Crippen LogP contribution >= 0.6 is 0 Å². The number of anilines is 3. The number of methoxy groups -OCH3 is 1. The summed E-state index contributed by atoms with van der Waals surface area (Å²) < 4.78 is 31.5. The summed E-state index contributed by atoms with van der Waals surface area (Å²) >= 11 is 0. The maximum Gasteiger partial charge on any atom is 0.312 e. The predicted molar refractivity (Wildman–Crippen MR) is 401 cm³/mol. The van der Waals surface area contributed by atoms with Crippen molar-refractivity contribution < 1.29 is 86.6 Å². The molecule has 29 nitrogen and oxygen atoms in total. The minimum absolute atomic E-state index is 0.0102. The fraction of sp³-hybridized carbons (Fsp3) is 0.500. The molecule has 5 heterocycles. The van der Waals surface area contributed by atoms with Crippen molar-refractivity contribution in [2.75, 3.05) is 62.9 Å². The Kier molecular flexibility index (Phi) is 25.8. The zero-order valence-corrected chi connectivity index (χ0v) is 62.9. The van der Waals surface area contributed by atoms with Gasteiger partial charge in [-0.1, -0.05) is 78.3 Å². The second kappa shape index (κ2) is 34.1. The van der Waals surface area contributed by atoms with Crippen molar-refractivity contribution >= 4 is 103 Å². The molecule has 4 aromatic carbocycles. The molecule has 11 N–H and O–H groups in total. The number of quaternary nitrogens is 1. The molecule has 1 aromatic heterocycles. The summed E-state index contributed by atoms with van der Waals surface area (Å²) in [6.07, 6.45) is 9.10. The van der Waals surface area contributed by atoms with E-state index in [9.17, 15) is 63.6 Å². The highest BCUT2D eigenvalue weighted by Crippen LogP contribution is 2.43. The summed E-state index contributed by atoms with van der Waals surface area (Å²) in [6, 6.07) is 7.78. The topological polar surface area (TPSA) is 407 Å². The quantitative estimate of drug-likeness (QED) is 0.00906. The summed E-state index contributed by atoms with van der Waals surface area (Å²) in [4.78, 5) is 141. The Labute approximate surface area is 619 Å². The average molecular weight is 1480 g/mol. The first-order valence-electron chi connectivity index (χ1n) is 36.3. The number of fused-ring (bicyclic) bond motifs is 2. The van der Waals surface area contributed by atoms with Crippen LogP contribution in [0.1, 0.15) is 125 Å². The van der Waals surface area contributed by atoms with Gasteiger partial charge in [-0.3, -0.25) is 48.1 Å². The number of nitrogens with one attached hydrogen (secondary N) is 5. The number of aliphatic hydroxyl groups excluding tert-OH is 3. The largest absolute Gasteiger partial charge is 0.507 e. The van der Waals surface area contributed by atoms with Gasteiger partial charge in [0.1, 0.15) is 47.4 Å². The number of unbranched alkanes of at least 4 members (excludes halogenated alkanes) is 2. The third-order valence-corrected chi connectivity index (χ3v) is 21.1. The van der Waals surface area contributed by atoms with Gasteiger partial charge >= 0.3 is 17.8 Å². The van der Waals surface area contributed by atoms with E-state index in [-0.39, 0.29) is 117 Å². The number of allylic oxidation sites excluding steroid dienone is 2. The van der Waals surface area contributed by atoms with Gasteiger partial charge in [-0.2, -0.15) is 0 Å². The molecule has 9 rings (SSSR count). The van der Waals surface area contributed by atoms with Gasteiger partial charge in [-0.15, -0.1) is 0 Å². The lowest BCUT2D eigenvalue weighted by Crippen LogP contribution is -2.54. The summed E-state index contributed by atoms with van der Waals surface area (Å²) in [7, 11) is 5.68. The van der Waals surface area contributed by atoms with E-state index >= 15 is 4.79 Å². The Balaban J connectivity index is 0.942. The highest BCUT2D eigenvalue weighted by atomic mass is 16.7. The van der Waals surface area contributed by atoms with Crippen LogP contribution in [0.3, 0.4) is 0 Å². The fourth-order valence-electron chi connectivity index (χ4n) is 14.6. The number of piperidine rings is 1. The molecule has 1 saturated heterocycles. The molecule has 0 unspecified atom stereocenters. The number of hydrogen-bond acceptors (Lipinski definition) is 21. The van der Waals surface area contributed by atoms with E-state index in [4.69, 9.17) is 34.1 Å². The van der Waals surface area contributed by atoms with E-state index in [0.29, 0.717) is 67.6 Å². The standard InChI is InChI=1S/C78H100N10O19/c1-40(2)62(83-56(91)22-15-14-16-33-87-57(92)27-28-58(87)93)76(101)82-52(21-18-32-80-77(79)102)75(100)81-49-25-23-48(24-26-49)39-88(11,12)51-29-34-86(35-30-51)50-37-53(90)63-55(38-50)106-72-64(84-63)59-60-68(96)46(8)71-61(59)73(98)78(10,107-71)104-36-31-54(103-13)43(5)70(105-47(9)89)45(7)67(95)44(6)66(94)41(3)19-17-20-42(4)74(99)85-65(72)69(60)97/h17,19-20,23-28,31,36-38,40-41,43-45,51-52,54,62,66-67,70,94-95H,14-16,18,21-22,29-30,32-35,39H2,1-13H3,(H8-,79,80,81,82,83,84,85,90,91,92,93,96,97,98,99,100,101,102)/p+1/b19-17-,36-31?,42-20-/t41-,43+,44+,45+,52-,54-,62-,66-,67+,70+,78-/m0/s1. The number of hydrogen-bond donors (Lipinski definition) is 10. The number of aromatic hydroxyl groups is 1. The van der Waals surface area contributed by atoms with Gasteiger partial charge in [0.05, 0.1) is 55.3 Å². The van der Waals surface area contributed by atoms with Crippen molar-refractivity contribution in [3.8, 4) is 11.5 Å². The van der Waals surface area contributed by atoms with Crippen molar-refractivity contribution in [3.63, 3.8) is 0 Å². The molecule has 4 aliphatic heterocycles. The molecule has 8 amide bonds. The van der Waals surface area contributed by atoms with Crippen molar-refractivity contribution in [1.82, 2.24) is 25.8 Å². The predicted octanol–water partition coefficient (Wildman–Crippen LogP) is 6.30. The molecule has 11 atom stereocenters. The fourth-order valence-corrected chi connectivity index (χ4v) is 14.6. The normalized spacial score (nSPS) is 23.9. The lowest BCUT2D eigenvalue weighted by molar-refractivity contribution is -0.928. The Morgan fingerprint density at radius 1 is 0.850 bits per heavy atom. The van der Waals surface area contributed by atoms with E-state index in [2.05, 4.69) is 40.7 Å². The zero-order chi connectivity index (χ0) is 78.3. The molecule has 29 heteroatoms. The summed E-state index contributed by atoms with van der Waals surface area (Å²) in [5.41, 5.74) is 4.67. The third kappa shape index (κ3) is 18.3. The maximum absolute atomic E-state index is 15.2. The number of imide groups is 1. The van der Waals surface area contributed by atoms with Crippen LogP contribution in [-0.4, -0.2) is 178 Å². The number of urea groups is 1. The minimum atomic E-state index is -2.05. The van der Waals surface area contributed by atoms with Crippen molar-refractivity contribution in [1.29, 1.82) is 0 Å². The Hall–Kier alpha value is -10.2. The Morgan fingerprint density at radius 3 is 2.18 bits per heavy atom. The van der Waals surface area contributed by atoms with Crippen LogP contribution in [0.5, 0.6) is 11.5 Å². The van der Waals surface area contributed by atoms with Gasteiger partial charge in [-0.05, 0) is 63.7 Å². The summed E-state index contributed by atoms with van der Waals surface area (Å²) in [6.45, 7) is 18.0. The summed E-state index contributed by atoms with van der Waals surface area (Å²) in [5, 5.41) is 60.9. The number of carbonyl (C=O) groups is 8. The Bertz CT molecular complexity index is 4540. The number of esters is 1. The van der Waals surface area contributed by atoms with E-state index in [1.165, 1.54) is 71.4 Å². The number of aliphatic hydroxyl groups is 3. The number of benzene rings is 4. The molecule has 0 saturated carbocycles. The number of nitrogens with zero attached hydrogens (tertiary/aromatic N) is 4. The van der Waals surface area contributed by atoms with Crippen molar-refractivity contribution in [2.24, 2.45) is 35.3 Å². The van der Waals surface area contributed by atoms with Crippen molar-refractivity contribution in [3.05, 3.63) is 121 Å². The van der Waals surface area contributed by atoms with Crippen LogP contribution in [-0.2, 0) is 54.3 Å². The van der Waals surface area contributed by atoms with Crippen LogP contribution < -0.4 is 58.0 Å². The van der Waals surface area contributed by atoms with Gasteiger partial charge in [0.25, 0.3) is 17.7 Å². The monoisotopic (exact) mass is 1480 g/mol. The number of amides is 8. The number of phenolic OH excluding ortho intramolecular Hbond substituents is 1. The van der Waals surface area contributed by atoms with Crippen molar-refractivity contribution in [2.45, 2.75) is 175 Å². The molecular weight excluding hydrogens is 1380 g/mol. The number of aromatic nitrogens is 1. The molecule has 1 fully saturated rings. The molecule has 576 valence electrons. The van der Waals surface area contributed by atoms with Gasteiger partial charge in [-0.25, -0.2) is 9.78 Å². The first-order valence-corrected chi connectivity index (χ1v) is 36.3. The minimum Gasteiger partial charge on any atom is -0.507 e. The van der Waals surface area contributed by atoms with Gasteiger partial charge in [0.2, 0.25) is 28.6 Å². The van der Waals surface area contributed by atoms with E-state index in [1.54, 1.807) is 71.9 Å². The smallest absolute Gasteiger partial charge is 0.312 e. The van der Waals surface area contributed by atoms with Crippen LogP contribution in [0.15, 0.2) is 98.7 Å². The number of phenols is 1. The van der Waals surface area contributed by atoms with Gasteiger partial charge in [0.15, 0.2) is 22.4 Å². The molecule has 107 heavy (non-hydrogen) atoms. The second-order valence-corrected chi connectivity index (χ2v) is 29.6. The average Bonchev–Trinajstić information content (AvgIpc) is 1.54. The van der Waals surface area contributed by atoms with Crippen LogP contribution in [0.2, 0.25) is 0 Å². The van der Waals surface area contributed by atoms with E-state index < -0.39 is 124 Å². The van der Waals surface area contributed by atoms with Gasteiger partial charge < -0.3 is 85.5 Å². The van der Waals surface area contributed by atoms with Crippen LogP contribution in [0, 0.1) is 36.5 Å². The van der Waals surface area contributed by atoms with Gasteiger partial charge in [0, 0.05) is 148 Å². The maximum atomic E-state index is 15.2.